The Morgan fingerprint density at radius 2 is 2.00 bits per heavy atom. The molecule has 0 spiro atoms. The molecule has 4 nitrogen and oxygen atoms in total. The van der Waals surface area contributed by atoms with E-state index in [1.807, 2.05) is 51.1 Å². The fourth-order valence-corrected chi connectivity index (χ4v) is 2.00. The zero-order valence-electron chi connectivity index (χ0n) is 11.4. The highest BCUT2D eigenvalue weighted by atomic mass is 16.5. The number of para-hydroxylation sites is 1. The Hall–Kier alpha value is -2.10. The third-order valence-corrected chi connectivity index (χ3v) is 3.19. The minimum Gasteiger partial charge on any atom is -0.361 e. The third kappa shape index (κ3) is 3.22. The normalized spacial score (nSPS) is 12.2. The van der Waals surface area contributed by atoms with Crippen molar-refractivity contribution in [3.8, 4) is 0 Å². The van der Waals surface area contributed by atoms with Crippen LogP contribution in [0.15, 0.2) is 34.9 Å². The summed E-state index contributed by atoms with van der Waals surface area (Å²) in [5, 5.41) is 6.79. The molecule has 1 amide bonds. The van der Waals surface area contributed by atoms with Crippen molar-refractivity contribution in [3.63, 3.8) is 0 Å². The molecule has 0 unspecified atom stereocenters. The number of amides is 1. The lowest BCUT2D eigenvalue weighted by Crippen LogP contribution is -2.14. The van der Waals surface area contributed by atoms with Crippen LogP contribution < -0.4 is 5.32 Å². The highest BCUT2D eigenvalue weighted by molar-refractivity contribution is 5.91. The summed E-state index contributed by atoms with van der Waals surface area (Å²) in [5.74, 6) is 0.790. The van der Waals surface area contributed by atoms with Gasteiger partial charge in [0.2, 0.25) is 5.91 Å². The molecule has 0 aliphatic carbocycles. The Bertz CT molecular complexity index is 561. The fraction of sp³-hybridized carbons (Fsp3) is 0.333. The smallest absolute Gasteiger partial charge is 0.225 e. The molecular formula is C15H18N2O2. The van der Waals surface area contributed by atoms with Gasteiger partial charge in [-0.15, -0.1) is 0 Å². The van der Waals surface area contributed by atoms with Gasteiger partial charge < -0.3 is 9.84 Å². The summed E-state index contributed by atoms with van der Waals surface area (Å²) in [6, 6.07) is 9.43. The van der Waals surface area contributed by atoms with Crippen LogP contribution in [-0.4, -0.2) is 11.1 Å². The van der Waals surface area contributed by atoms with Crippen LogP contribution in [0.2, 0.25) is 0 Å². The Morgan fingerprint density at radius 3 is 2.58 bits per heavy atom. The zero-order chi connectivity index (χ0) is 13.8. The van der Waals surface area contributed by atoms with Crippen LogP contribution in [0.5, 0.6) is 0 Å². The van der Waals surface area contributed by atoms with Crippen molar-refractivity contribution in [2.24, 2.45) is 0 Å². The topological polar surface area (TPSA) is 55.1 Å². The largest absolute Gasteiger partial charge is 0.361 e. The molecule has 1 N–H and O–H groups in total. The highest BCUT2D eigenvalue weighted by Crippen LogP contribution is 2.24. The van der Waals surface area contributed by atoms with Crippen molar-refractivity contribution in [1.82, 2.24) is 5.16 Å². The van der Waals surface area contributed by atoms with Gasteiger partial charge >= 0.3 is 0 Å². The van der Waals surface area contributed by atoms with Crippen molar-refractivity contribution in [1.29, 1.82) is 0 Å². The Labute approximate surface area is 112 Å². The lowest BCUT2D eigenvalue weighted by molar-refractivity contribution is -0.116. The van der Waals surface area contributed by atoms with Crippen molar-refractivity contribution in [2.45, 2.75) is 33.1 Å². The van der Waals surface area contributed by atoms with E-state index in [1.54, 1.807) is 0 Å². The number of nitrogens with zero attached hydrogens (tertiary/aromatic N) is 1. The molecule has 0 aliphatic heterocycles. The molecule has 0 saturated heterocycles. The van der Waals surface area contributed by atoms with Crippen molar-refractivity contribution < 1.29 is 9.32 Å². The average molecular weight is 258 g/mol. The number of rotatable bonds is 4. The Morgan fingerprint density at radius 1 is 1.32 bits per heavy atom. The van der Waals surface area contributed by atoms with E-state index in [1.165, 1.54) is 0 Å². The van der Waals surface area contributed by atoms with Crippen LogP contribution in [0.1, 0.15) is 36.3 Å². The highest BCUT2D eigenvalue weighted by Gasteiger charge is 2.19. The summed E-state index contributed by atoms with van der Waals surface area (Å²) < 4.78 is 5.28. The molecule has 1 heterocycles. The van der Waals surface area contributed by atoms with Gasteiger partial charge in [0.1, 0.15) is 5.76 Å². The first-order valence-corrected chi connectivity index (χ1v) is 6.35. The molecule has 19 heavy (non-hydrogen) atoms. The second-order valence-electron chi connectivity index (χ2n) is 4.78. The molecule has 0 bridgehead atoms. The SMILES string of the molecule is Cc1noc([C@@H](C)CC(=O)Nc2ccccc2)c1C. The van der Waals surface area contributed by atoms with Gasteiger partial charge in [-0.2, -0.15) is 0 Å². The second kappa shape index (κ2) is 5.69. The third-order valence-electron chi connectivity index (χ3n) is 3.19. The molecule has 2 rings (SSSR count). The Balaban J connectivity index is 1.97. The molecule has 4 heteroatoms. The number of carbonyl (C=O) groups is 1. The van der Waals surface area contributed by atoms with E-state index in [9.17, 15) is 4.79 Å². The van der Waals surface area contributed by atoms with Crippen LogP contribution >= 0.6 is 0 Å². The summed E-state index contributed by atoms with van der Waals surface area (Å²) in [4.78, 5) is 11.9. The molecule has 100 valence electrons. The molecule has 0 aliphatic rings. The summed E-state index contributed by atoms with van der Waals surface area (Å²) in [7, 11) is 0. The van der Waals surface area contributed by atoms with E-state index in [-0.39, 0.29) is 11.8 Å². The first kappa shape index (κ1) is 13.3. The monoisotopic (exact) mass is 258 g/mol. The summed E-state index contributed by atoms with van der Waals surface area (Å²) in [5.41, 5.74) is 2.72. The van der Waals surface area contributed by atoms with E-state index < -0.39 is 0 Å². The molecule has 1 aromatic carbocycles. The molecule has 1 aromatic heterocycles. The number of aryl methyl sites for hydroxylation is 1. The van der Waals surface area contributed by atoms with Gasteiger partial charge in [0.25, 0.3) is 0 Å². The van der Waals surface area contributed by atoms with Crippen LogP contribution in [-0.2, 0) is 4.79 Å². The molecule has 0 fully saturated rings. The van der Waals surface area contributed by atoms with E-state index in [2.05, 4.69) is 10.5 Å². The van der Waals surface area contributed by atoms with Crippen molar-refractivity contribution in [2.75, 3.05) is 5.32 Å². The fourth-order valence-electron chi connectivity index (χ4n) is 2.00. The van der Waals surface area contributed by atoms with Crippen LogP contribution in [0.4, 0.5) is 5.69 Å². The quantitative estimate of drug-likeness (QED) is 0.914. The predicted octanol–water partition coefficient (Wildman–Crippen LogP) is 3.42. The number of benzene rings is 1. The van der Waals surface area contributed by atoms with Gasteiger partial charge in [-0.25, -0.2) is 0 Å². The van der Waals surface area contributed by atoms with E-state index in [0.29, 0.717) is 6.42 Å². The van der Waals surface area contributed by atoms with E-state index in [0.717, 1.165) is 22.7 Å². The van der Waals surface area contributed by atoms with Gasteiger partial charge in [-0.1, -0.05) is 30.3 Å². The molecule has 2 aromatic rings. The summed E-state index contributed by atoms with van der Waals surface area (Å²) >= 11 is 0. The second-order valence-corrected chi connectivity index (χ2v) is 4.78. The lowest BCUT2D eigenvalue weighted by atomic mass is 10.0. The molecule has 1 atom stereocenters. The van der Waals surface area contributed by atoms with Crippen LogP contribution in [0, 0.1) is 13.8 Å². The predicted molar refractivity (Wildman–Crippen MR) is 74.1 cm³/mol. The molecule has 0 radical (unpaired) electrons. The van der Waals surface area contributed by atoms with Crippen molar-refractivity contribution in [3.05, 3.63) is 47.3 Å². The number of carbonyl (C=O) groups excluding carboxylic acids is 1. The van der Waals surface area contributed by atoms with E-state index >= 15 is 0 Å². The summed E-state index contributed by atoms with van der Waals surface area (Å²) in [6.07, 6.45) is 0.379. The standard InChI is InChI=1S/C15H18N2O2/c1-10(15-11(2)12(3)17-19-15)9-14(18)16-13-7-5-4-6-8-13/h4-8,10H,9H2,1-3H3,(H,16,18)/t10-/m0/s1. The first-order chi connectivity index (χ1) is 9.08. The number of aromatic nitrogens is 1. The number of anilines is 1. The number of hydrogen-bond donors (Lipinski definition) is 1. The first-order valence-electron chi connectivity index (χ1n) is 6.35. The Kier molecular flexibility index (Phi) is 4.00. The molecular weight excluding hydrogens is 240 g/mol. The maximum absolute atomic E-state index is 11.9. The minimum absolute atomic E-state index is 0.0184. The minimum atomic E-state index is -0.0212. The molecule has 0 saturated carbocycles. The van der Waals surface area contributed by atoms with Gasteiger partial charge in [0, 0.05) is 23.6 Å². The van der Waals surface area contributed by atoms with Crippen LogP contribution in [0.3, 0.4) is 0 Å². The number of hydrogen-bond acceptors (Lipinski definition) is 3. The maximum Gasteiger partial charge on any atom is 0.225 e. The van der Waals surface area contributed by atoms with Crippen LogP contribution in [0.25, 0.3) is 0 Å². The van der Waals surface area contributed by atoms with Gasteiger partial charge in [0.05, 0.1) is 5.69 Å². The van der Waals surface area contributed by atoms with Gasteiger partial charge in [0.15, 0.2) is 0 Å². The van der Waals surface area contributed by atoms with Crippen molar-refractivity contribution >= 4 is 11.6 Å². The summed E-state index contributed by atoms with van der Waals surface area (Å²) in [6.45, 7) is 5.84. The maximum atomic E-state index is 11.9. The lowest BCUT2D eigenvalue weighted by Gasteiger charge is -2.09. The number of nitrogens with one attached hydrogen (secondary N) is 1. The average Bonchev–Trinajstić information content (AvgIpc) is 2.71. The van der Waals surface area contributed by atoms with E-state index in [4.69, 9.17) is 4.52 Å². The zero-order valence-corrected chi connectivity index (χ0v) is 11.4. The van der Waals surface area contributed by atoms with Gasteiger partial charge in [-0.05, 0) is 26.0 Å². The van der Waals surface area contributed by atoms with Gasteiger partial charge in [-0.3, -0.25) is 4.79 Å².